The van der Waals surface area contributed by atoms with Crippen LogP contribution in [0.2, 0.25) is 0 Å². The van der Waals surface area contributed by atoms with E-state index in [1.807, 2.05) is 0 Å². The van der Waals surface area contributed by atoms with Crippen molar-refractivity contribution in [1.82, 2.24) is 5.32 Å². The Balaban J connectivity index is 1.63. The lowest BCUT2D eigenvalue weighted by molar-refractivity contribution is -0.136. The van der Waals surface area contributed by atoms with Crippen LogP contribution < -0.4 is 25.0 Å². The molecule has 2 N–H and O–H groups in total. The predicted molar refractivity (Wildman–Crippen MR) is 108 cm³/mol. The highest BCUT2D eigenvalue weighted by Gasteiger charge is 2.25. The van der Waals surface area contributed by atoms with Crippen LogP contribution in [-0.4, -0.2) is 38.5 Å². The number of methoxy groups -OCH3 is 2. The highest BCUT2D eigenvalue weighted by Crippen LogP contribution is 2.34. The summed E-state index contributed by atoms with van der Waals surface area (Å²) in [6, 6.07) is 12.1. The second-order valence-electron chi connectivity index (χ2n) is 6.52. The van der Waals surface area contributed by atoms with Crippen LogP contribution in [0.15, 0.2) is 42.5 Å². The van der Waals surface area contributed by atoms with Crippen LogP contribution in [-0.2, 0) is 20.9 Å². The minimum absolute atomic E-state index is 0.00371. The molecule has 1 saturated heterocycles. The molecule has 2 aromatic rings. The monoisotopic (exact) mass is 397 g/mol. The SMILES string of the molecule is COc1ccc(CNC(=O)C(=O)Nc2ccc(OC)c(N3CCCC3=O)c2)cc1. The number of hydrogen-bond donors (Lipinski definition) is 2. The average Bonchev–Trinajstić information content (AvgIpc) is 3.17. The van der Waals surface area contributed by atoms with Gasteiger partial charge in [0.15, 0.2) is 0 Å². The minimum Gasteiger partial charge on any atom is -0.497 e. The largest absolute Gasteiger partial charge is 0.497 e. The van der Waals surface area contributed by atoms with Gasteiger partial charge in [-0.1, -0.05) is 12.1 Å². The topological polar surface area (TPSA) is 97.0 Å². The first-order valence-corrected chi connectivity index (χ1v) is 9.22. The van der Waals surface area contributed by atoms with Crippen molar-refractivity contribution >= 4 is 29.1 Å². The Labute approximate surface area is 168 Å². The lowest BCUT2D eigenvalue weighted by Gasteiger charge is -2.20. The van der Waals surface area contributed by atoms with Crippen molar-refractivity contribution in [3.05, 3.63) is 48.0 Å². The van der Waals surface area contributed by atoms with E-state index in [0.29, 0.717) is 35.8 Å². The normalized spacial score (nSPS) is 13.2. The molecule has 152 valence electrons. The molecule has 3 rings (SSSR count). The number of rotatable bonds is 6. The smallest absolute Gasteiger partial charge is 0.313 e. The van der Waals surface area contributed by atoms with Crippen molar-refractivity contribution in [3.8, 4) is 11.5 Å². The zero-order valence-corrected chi connectivity index (χ0v) is 16.4. The Morgan fingerprint density at radius 2 is 1.79 bits per heavy atom. The molecule has 0 atom stereocenters. The standard InChI is InChI=1S/C21H23N3O5/c1-28-16-8-5-14(6-9-16)13-22-20(26)21(27)23-15-7-10-18(29-2)17(12-15)24-11-3-4-19(24)25/h5-10,12H,3-4,11,13H2,1-2H3,(H,22,26)(H,23,27). The number of anilines is 2. The van der Waals surface area contributed by atoms with E-state index in [2.05, 4.69) is 10.6 Å². The maximum absolute atomic E-state index is 12.2. The van der Waals surface area contributed by atoms with E-state index in [0.717, 1.165) is 12.0 Å². The van der Waals surface area contributed by atoms with Gasteiger partial charge in [-0.2, -0.15) is 0 Å². The third kappa shape index (κ3) is 4.84. The van der Waals surface area contributed by atoms with Gasteiger partial charge in [-0.3, -0.25) is 14.4 Å². The van der Waals surface area contributed by atoms with Gasteiger partial charge in [-0.05, 0) is 42.3 Å². The van der Waals surface area contributed by atoms with Crippen molar-refractivity contribution in [1.29, 1.82) is 0 Å². The molecule has 0 radical (unpaired) electrons. The molecule has 1 aliphatic heterocycles. The molecule has 8 heteroatoms. The van der Waals surface area contributed by atoms with Crippen molar-refractivity contribution in [2.45, 2.75) is 19.4 Å². The lowest BCUT2D eigenvalue weighted by atomic mass is 10.2. The summed E-state index contributed by atoms with van der Waals surface area (Å²) in [7, 11) is 3.09. The summed E-state index contributed by atoms with van der Waals surface area (Å²) >= 11 is 0. The van der Waals surface area contributed by atoms with E-state index < -0.39 is 11.8 Å². The van der Waals surface area contributed by atoms with Gasteiger partial charge in [0.05, 0.1) is 19.9 Å². The fourth-order valence-corrected chi connectivity index (χ4v) is 3.08. The summed E-state index contributed by atoms with van der Waals surface area (Å²) in [6.07, 6.45) is 1.25. The van der Waals surface area contributed by atoms with E-state index in [9.17, 15) is 14.4 Å². The Hall–Kier alpha value is -3.55. The zero-order valence-electron chi connectivity index (χ0n) is 16.4. The van der Waals surface area contributed by atoms with E-state index in [4.69, 9.17) is 9.47 Å². The summed E-state index contributed by atoms with van der Waals surface area (Å²) in [5.74, 6) is -0.298. The van der Waals surface area contributed by atoms with Crippen LogP contribution >= 0.6 is 0 Å². The first kappa shape index (κ1) is 20.2. The highest BCUT2D eigenvalue weighted by atomic mass is 16.5. The third-order valence-corrected chi connectivity index (χ3v) is 4.62. The Morgan fingerprint density at radius 3 is 2.41 bits per heavy atom. The van der Waals surface area contributed by atoms with E-state index in [1.54, 1.807) is 54.5 Å². The molecule has 29 heavy (non-hydrogen) atoms. The van der Waals surface area contributed by atoms with Crippen LogP contribution in [0.1, 0.15) is 18.4 Å². The Kier molecular flexibility index (Phi) is 6.33. The Bertz CT molecular complexity index is 911. The van der Waals surface area contributed by atoms with Crippen molar-refractivity contribution in [3.63, 3.8) is 0 Å². The fraction of sp³-hybridized carbons (Fsp3) is 0.286. The molecule has 0 unspecified atom stereocenters. The van der Waals surface area contributed by atoms with Crippen molar-refractivity contribution in [2.75, 3.05) is 31.0 Å². The molecule has 1 aliphatic rings. The van der Waals surface area contributed by atoms with Gasteiger partial charge < -0.3 is 25.0 Å². The molecule has 3 amide bonds. The molecule has 0 bridgehead atoms. The summed E-state index contributed by atoms with van der Waals surface area (Å²) in [5.41, 5.74) is 1.82. The first-order valence-electron chi connectivity index (χ1n) is 9.22. The second-order valence-corrected chi connectivity index (χ2v) is 6.52. The number of carbonyl (C=O) groups excluding carboxylic acids is 3. The number of ether oxygens (including phenoxy) is 2. The molecule has 8 nitrogen and oxygen atoms in total. The lowest BCUT2D eigenvalue weighted by Crippen LogP contribution is -2.35. The number of carbonyl (C=O) groups is 3. The van der Waals surface area contributed by atoms with Gasteiger partial charge in [-0.15, -0.1) is 0 Å². The van der Waals surface area contributed by atoms with Gasteiger partial charge in [0.1, 0.15) is 11.5 Å². The van der Waals surface area contributed by atoms with E-state index >= 15 is 0 Å². The molecule has 0 aromatic heterocycles. The summed E-state index contributed by atoms with van der Waals surface area (Å²) in [4.78, 5) is 38.0. The van der Waals surface area contributed by atoms with Crippen LogP contribution in [0.25, 0.3) is 0 Å². The van der Waals surface area contributed by atoms with Crippen LogP contribution in [0.5, 0.6) is 11.5 Å². The maximum Gasteiger partial charge on any atom is 0.313 e. The van der Waals surface area contributed by atoms with Gasteiger partial charge in [-0.25, -0.2) is 0 Å². The maximum atomic E-state index is 12.2. The molecule has 1 fully saturated rings. The summed E-state index contributed by atoms with van der Waals surface area (Å²) in [6.45, 7) is 0.807. The van der Waals surface area contributed by atoms with Gasteiger partial charge in [0.2, 0.25) is 5.91 Å². The molecule has 0 saturated carbocycles. The summed E-state index contributed by atoms with van der Waals surface area (Å²) < 4.78 is 10.4. The first-order chi connectivity index (χ1) is 14.0. The zero-order chi connectivity index (χ0) is 20.8. The number of benzene rings is 2. The average molecular weight is 397 g/mol. The van der Waals surface area contributed by atoms with E-state index in [1.165, 1.54) is 7.11 Å². The Morgan fingerprint density at radius 1 is 1.03 bits per heavy atom. The molecule has 1 heterocycles. The van der Waals surface area contributed by atoms with Gasteiger partial charge >= 0.3 is 11.8 Å². The van der Waals surface area contributed by atoms with Crippen LogP contribution in [0.3, 0.4) is 0 Å². The van der Waals surface area contributed by atoms with E-state index in [-0.39, 0.29) is 12.5 Å². The predicted octanol–water partition coefficient (Wildman–Crippen LogP) is 2.09. The quantitative estimate of drug-likeness (QED) is 0.728. The third-order valence-electron chi connectivity index (χ3n) is 4.62. The minimum atomic E-state index is -0.789. The van der Waals surface area contributed by atoms with Crippen LogP contribution in [0, 0.1) is 0 Å². The van der Waals surface area contributed by atoms with Crippen molar-refractivity contribution < 1.29 is 23.9 Å². The van der Waals surface area contributed by atoms with Crippen molar-refractivity contribution in [2.24, 2.45) is 0 Å². The highest BCUT2D eigenvalue weighted by molar-refractivity contribution is 6.39. The number of amides is 3. The second kappa shape index (κ2) is 9.09. The summed E-state index contributed by atoms with van der Waals surface area (Å²) in [5, 5.41) is 5.14. The molecular formula is C21H23N3O5. The molecule has 2 aromatic carbocycles. The number of nitrogens with zero attached hydrogens (tertiary/aromatic N) is 1. The molecule has 0 spiro atoms. The molecule has 0 aliphatic carbocycles. The van der Waals surface area contributed by atoms with Crippen LogP contribution in [0.4, 0.5) is 11.4 Å². The number of hydrogen-bond acceptors (Lipinski definition) is 5. The van der Waals surface area contributed by atoms with Gasteiger partial charge in [0, 0.05) is 25.2 Å². The number of nitrogens with one attached hydrogen (secondary N) is 2. The van der Waals surface area contributed by atoms with Gasteiger partial charge in [0.25, 0.3) is 0 Å². The molecular weight excluding hydrogens is 374 g/mol. The fourth-order valence-electron chi connectivity index (χ4n) is 3.08.